The molecule has 14 N–H and O–H groups in total. The van der Waals surface area contributed by atoms with Crippen LogP contribution in [0.3, 0.4) is 0 Å². The van der Waals surface area contributed by atoms with E-state index in [0.717, 1.165) is 0 Å². The molecule has 0 fully saturated rings. The molecule has 0 bridgehead atoms. The van der Waals surface area contributed by atoms with Gasteiger partial charge < -0.3 is 54.1 Å². The Kier molecular flexibility index (Phi) is 13.4. The number of H-pyrrole nitrogens is 1. The maximum Gasteiger partial charge on any atom is 0.326 e. The van der Waals surface area contributed by atoms with Gasteiger partial charge in [-0.3, -0.25) is 29.0 Å². The fourth-order valence-electron chi connectivity index (χ4n) is 3.22. The third-order valence-electron chi connectivity index (χ3n) is 5.22. The molecule has 1 aromatic rings. The summed E-state index contributed by atoms with van der Waals surface area (Å²) >= 11 is 0. The molecule has 1 rings (SSSR count). The van der Waals surface area contributed by atoms with Gasteiger partial charge in [-0.1, -0.05) is 0 Å². The topological polar surface area (TPSA) is 324 Å². The van der Waals surface area contributed by atoms with E-state index in [4.69, 9.17) is 22.9 Å². The Labute approximate surface area is 222 Å². The number of carboxylic acids is 2. The van der Waals surface area contributed by atoms with Crippen LogP contribution in [0.15, 0.2) is 17.5 Å². The van der Waals surface area contributed by atoms with Gasteiger partial charge in [-0.2, -0.15) is 0 Å². The smallest absolute Gasteiger partial charge is 0.326 e. The Balaban J connectivity index is 3.04. The van der Waals surface area contributed by atoms with Crippen molar-refractivity contribution in [1.29, 1.82) is 0 Å². The summed E-state index contributed by atoms with van der Waals surface area (Å²) in [6.45, 7) is 0.0719. The molecule has 0 aliphatic rings. The lowest BCUT2D eigenvalue weighted by atomic mass is 10.1. The minimum Gasteiger partial charge on any atom is -0.481 e. The van der Waals surface area contributed by atoms with E-state index in [-0.39, 0.29) is 44.6 Å². The maximum absolute atomic E-state index is 13.0. The van der Waals surface area contributed by atoms with Crippen LogP contribution in [0, 0.1) is 0 Å². The van der Waals surface area contributed by atoms with Crippen LogP contribution in [0.4, 0.5) is 0 Å². The third-order valence-corrected chi connectivity index (χ3v) is 5.22. The largest absolute Gasteiger partial charge is 0.481 e. The summed E-state index contributed by atoms with van der Waals surface area (Å²) in [7, 11) is 0. The molecular weight excluding hydrogens is 520 g/mol. The van der Waals surface area contributed by atoms with Crippen LogP contribution in [0.2, 0.25) is 0 Å². The second kappa shape index (κ2) is 16.2. The van der Waals surface area contributed by atoms with Gasteiger partial charge in [0.05, 0.1) is 18.8 Å². The number of carboxylic acid groups (broad SMARTS) is 2. The number of imidazole rings is 1. The Hall–Kier alpha value is -4.74. The van der Waals surface area contributed by atoms with Crippen molar-refractivity contribution >= 4 is 41.5 Å². The van der Waals surface area contributed by atoms with Crippen LogP contribution >= 0.6 is 0 Å². The molecule has 0 spiro atoms. The van der Waals surface area contributed by atoms with E-state index in [0.29, 0.717) is 5.69 Å². The summed E-state index contributed by atoms with van der Waals surface area (Å²) in [6, 6.07) is -5.66. The number of guanidine groups is 1. The molecule has 0 aliphatic heterocycles. The number of primary amides is 1. The van der Waals surface area contributed by atoms with Gasteiger partial charge in [-0.15, -0.1) is 0 Å². The number of aliphatic carboxylic acids is 2. The summed E-state index contributed by atoms with van der Waals surface area (Å²) in [5, 5.41) is 25.6. The lowest BCUT2D eigenvalue weighted by Crippen LogP contribution is -2.57. The van der Waals surface area contributed by atoms with Gasteiger partial charge >= 0.3 is 11.9 Å². The normalized spacial score (nSPS) is 13.7. The van der Waals surface area contributed by atoms with Crippen molar-refractivity contribution in [1.82, 2.24) is 25.9 Å². The quantitative estimate of drug-likeness (QED) is 0.0467. The molecule has 216 valence electrons. The summed E-state index contributed by atoms with van der Waals surface area (Å²) in [5.74, 6) is -6.57. The lowest BCUT2D eigenvalue weighted by molar-refractivity contribution is -0.143. The van der Waals surface area contributed by atoms with Crippen molar-refractivity contribution in [3.8, 4) is 0 Å². The number of aromatic nitrogens is 2. The van der Waals surface area contributed by atoms with Gasteiger partial charge in [-0.05, 0) is 19.3 Å². The van der Waals surface area contributed by atoms with E-state index < -0.39 is 66.2 Å². The van der Waals surface area contributed by atoms with Gasteiger partial charge in [0.1, 0.15) is 18.1 Å². The van der Waals surface area contributed by atoms with Crippen molar-refractivity contribution in [3.05, 3.63) is 18.2 Å². The van der Waals surface area contributed by atoms with Crippen LogP contribution in [-0.4, -0.2) is 92.4 Å². The number of rotatable bonds is 18. The summed E-state index contributed by atoms with van der Waals surface area (Å²) in [6.07, 6.45) is 1.44. The predicted molar refractivity (Wildman–Crippen MR) is 134 cm³/mol. The zero-order valence-electron chi connectivity index (χ0n) is 21.0. The summed E-state index contributed by atoms with van der Waals surface area (Å²) in [4.78, 5) is 82.6. The summed E-state index contributed by atoms with van der Waals surface area (Å²) in [5.41, 5.74) is 21.7. The predicted octanol–water partition coefficient (Wildman–Crippen LogP) is -4.39. The van der Waals surface area contributed by atoms with E-state index >= 15 is 0 Å². The van der Waals surface area contributed by atoms with Crippen LogP contribution in [-0.2, 0) is 35.2 Å². The molecule has 0 aromatic carbocycles. The van der Waals surface area contributed by atoms with E-state index in [2.05, 4.69) is 30.9 Å². The number of nitrogens with one attached hydrogen (secondary N) is 4. The van der Waals surface area contributed by atoms with Crippen molar-refractivity contribution in [3.63, 3.8) is 0 Å². The van der Waals surface area contributed by atoms with Gasteiger partial charge in [0.15, 0.2) is 5.96 Å². The van der Waals surface area contributed by atoms with Crippen molar-refractivity contribution in [2.75, 3.05) is 6.54 Å². The Morgan fingerprint density at radius 2 is 1.54 bits per heavy atom. The number of nitrogens with zero attached hydrogens (tertiary/aromatic N) is 2. The van der Waals surface area contributed by atoms with Crippen LogP contribution in [0.1, 0.15) is 37.8 Å². The van der Waals surface area contributed by atoms with E-state index in [1.807, 2.05) is 0 Å². The molecule has 39 heavy (non-hydrogen) atoms. The van der Waals surface area contributed by atoms with Crippen molar-refractivity contribution < 1.29 is 39.0 Å². The Morgan fingerprint density at radius 3 is 2.08 bits per heavy atom. The van der Waals surface area contributed by atoms with Gasteiger partial charge in [0.25, 0.3) is 0 Å². The molecular formula is C21H34N10O8. The highest BCUT2D eigenvalue weighted by atomic mass is 16.4. The molecule has 0 radical (unpaired) electrons. The molecule has 4 amide bonds. The van der Waals surface area contributed by atoms with Crippen LogP contribution < -0.4 is 38.9 Å². The minimum absolute atomic E-state index is 0.0719. The first-order valence-corrected chi connectivity index (χ1v) is 11.7. The van der Waals surface area contributed by atoms with Crippen molar-refractivity contribution in [2.24, 2.45) is 27.9 Å². The average molecular weight is 555 g/mol. The first kappa shape index (κ1) is 32.3. The van der Waals surface area contributed by atoms with Gasteiger partial charge in [-0.25, -0.2) is 9.78 Å². The zero-order chi connectivity index (χ0) is 29.5. The molecule has 0 saturated heterocycles. The highest BCUT2D eigenvalue weighted by Gasteiger charge is 2.31. The second-order valence-corrected chi connectivity index (χ2v) is 8.46. The molecule has 18 nitrogen and oxygen atoms in total. The van der Waals surface area contributed by atoms with E-state index in [9.17, 15) is 39.0 Å². The first-order valence-electron chi connectivity index (χ1n) is 11.7. The number of amides is 4. The number of carbonyl (C=O) groups excluding carboxylic acids is 4. The second-order valence-electron chi connectivity index (χ2n) is 8.46. The summed E-state index contributed by atoms with van der Waals surface area (Å²) < 4.78 is 0. The number of aromatic amines is 1. The van der Waals surface area contributed by atoms with Gasteiger partial charge in [0.2, 0.25) is 23.6 Å². The van der Waals surface area contributed by atoms with Gasteiger partial charge in [0, 0.05) is 31.3 Å². The number of aliphatic imine (C=N–C) groups is 1. The lowest BCUT2D eigenvalue weighted by Gasteiger charge is -2.24. The minimum atomic E-state index is -1.65. The number of carbonyl (C=O) groups is 6. The van der Waals surface area contributed by atoms with Crippen LogP contribution in [0.25, 0.3) is 0 Å². The highest BCUT2D eigenvalue weighted by Crippen LogP contribution is 2.05. The monoisotopic (exact) mass is 554 g/mol. The number of nitrogens with two attached hydrogens (primary N) is 4. The molecule has 4 atom stereocenters. The molecule has 1 aromatic heterocycles. The molecule has 0 aliphatic carbocycles. The zero-order valence-corrected chi connectivity index (χ0v) is 21.0. The number of hydrogen-bond acceptors (Lipinski definition) is 9. The Bertz CT molecular complexity index is 1040. The SMILES string of the molecule is NC(=O)CCC(N)C(=O)NC(CC(=O)O)C(=O)NC(CCCN=C(N)N)C(=O)NC(Cc1cnc[nH]1)C(=O)O. The van der Waals surface area contributed by atoms with E-state index in [1.54, 1.807) is 0 Å². The standard InChI is InChI=1S/C21H34N10O8/c22-11(3-4-15(23)32)17(35)30-13(7-16(33)34)19(37)29-12(2-1-5-27-21(24)25)18(36)31-14(20(38)39)6-10-8-26-9-28-10/h8-9,11-14H,1-7,22H2,(H2,23,32)(H,26,28)(H,29,37)(H,30,35)(H,31,36)(H,33,34)(H,38,39)(H4,24,25,27). The molecule has 0 saturated carbocycles. The van der Waals surface area contributed by atoms with E-state index in [1.165, 1.54) is 12.5 Å². The van der Waals surface area contributed by atoms with Crippen LogP contribution in [0.5, 0.6) is 0 Å². The first-order chi connectivity index (χ1) is 18.3. The average Bonchev–Trinajstić information content (AvgIpc) is 3.35. The molecule has 4 unspecified atom stereocenters. The fourth-order valence-corrected chi connectivity index (χ4v) is 3.22. The number of hydrogen-bond donors (Lipinski definition) is 10. The fraction of sp³-hybridized carbons (Fsp3) is 0.524. The Morgan fingerprint density at radius 1 is 0.923 bits per heavy atom. The highest BCUT2D eigenvalue weighted by molar-refractivity contribution is 5.95. The maximum atomic E-state index is 13.0. The molecule has 1 heterocycles. The van der Waals surface area contributed by atoms with Crippen molar-refractivity contribution in [2.45, 2.75) is 62.7 Å². The third kappa shape index (κ3) is 12.9. The molecule has 18 heteroatoms.